The molecule has 4 unspecified atom stereocenters. The molecule has 2 heterocycles. The van der Waals surface area contributed by atoms with Gasteiger partial charge in [-0.25, -0.2) is 0 Å². The van der Waals surface area contributed by atoms with E-state index in [1.807, 2.05) is 0 Å². The lowest BCUT2D eigenvalue weighted by molar-refractivity contribution is 0.538. The fourth-order valence-corrected chi connectivity index (χ4v) is 16.2. The Kier molecular flexibility index (Phi) is 6.87. The van der Waals surface area contributed by atoms with Crippen LogP contribution in [-0.4, -0.2) is 73.4 Å². The van der Waals surface area contributed by atoms with Gasteiger partial charge in [-0.1, -0.05) is 27.7 Å². The van der Waals surface area contributed by atoms with Crippen LogP contribution in [0.2, 0.25) is 0 Å². The number of rotatable bonds is 5. The van der Waals surface area contributed by atoms with Gasteiger partial charge < -0.3 is 9.62 Å². The zero-order chi connectivity index (χ0) is 16.6. The summed E-state index contributed by atoms with van der Waals surface area (Å²) < 4.78 is 0. The highest BCUT2D eigenvalue weighted by Gasteiger charge is 2.53. The Morgan fingerprint density at radius 3 is 1.14 bits per heavy atom. The van der Waals surface area contributed by atoms with Crippen LogP contribution in [0.15, 0.2) is 0 Å². The highest BCUT2D eigenvalue weighted by Crippen LogP contribution is 2.71. The van der Waals surface area contributed by atoms with Crippen molar-refractivity contribution in [3.63, 3.8) is 0 Å². The van der Waals surface area contributed by atoms with Crippen molar-refractivity contribution in [2.45, 2.75) is 76.0 Å². The number of hydrogen-bond acceptors (Lipinski definition) is 2. The molecule has 2 aliphatic rings. The van der Waals surface area contributed by atoms with Crippen molar-refractivity contribution in [3.8, 4) is 0 Å². The van der Waals surface area contributed by atoms with Crippen molar-refractivity contribution < 1.29 is 0 Å². The summed E-state index contributed by atoms with van der Waals surface area (Å²) in [5.74, 6) is 0. The van der Waals surface area contributed by atoms with Gasteiger partial charge in [-0.05, 0) is 76.5 Å². The minimum absolute atomic E-state index is 0.146. The van der Waals surface area contributed by atoms with Crippen molar-refractivity contribution in [3.05, 3.63) is 0 Å². The molecular weight excluding hydrogens is 304 g/mol. The molecule has 0 aromatic heterocycles. The third-order valence-corrected chi connectivity index (χ3v) is 14.4. The molecule has 6 heteroatoms. The first-order chi connectivity index (χ1) is 10.3. The van der Waals surface area contributed by atoms with E-state index in [1.165, 1.54) is 25.7 Å². The van der Waals surface area contributed by atoms with E-state index >= 15 is 0 Å². The number of hydrogen-bond donors (Lipinski definition) is 0. The summed E-state index contributed by atoms with van der Waals surface area (Å²) in [5.41, 5.74) is 3.89. The van der Waals surface area contributed by atoms with Crippen LogP contribution in [0.1, 0.15) is 53.4 Å². The van der Waals surface area contributed by atoms with Crippen molar-refractivity contribution in [2.24, 2.45) is 0 Å². The largest absolute Gasteiger partial charge is 0.339 e. The average Bonchev–Trinajstić information content (AvgIpc) is 2.90. The Labute approximate surface area is 142 Å². The van der Waals surface area contributed by atoms with Crippen LogP contribution in [0.25, 0.3) is 0 Å². The highest BCUT2D eigenvalue weighted by molar-refractivity contribution is 8.28. The van der Waals surface area contributed by atoms with E-state index in [9.17, 15) is 0 Å². The smallest absolute Gasteiger partial charge is 0.281 e. The van der Waals surface area contributed by atoms with Crippen molar-refractivity contribution in [1.82, 2.24) is 9.62 Å². The SMILES string of the molecule is CC1CCC(C)P1B(B(N(C)C)N(C)C)P1C(C)CCC1C. The van der Waals surface area contributed by atoms with Gasteiger partial charge in [0.05, 0.1) is 0 Å². The fraction of sp³-hybridized carbons (Fsp3) is 1.00. The molecule has 126 valence electrons. The molecule has 0 aromatic carbocycles. The van der Waals surface area contributed by atoms with Gasteiger partial charge in [0, 0.05) is 0 Å². The second-order valence-corrected chi connectivity index (χ2v) is 15.0. The molecule has 22 heavy (non-hydrogen) atoms. The molecule has 2 aliphatic heterocycles. The van der Waals surface area contributed by atoms with Gasteiger partial charge in [0.1, 0.15) is 0 Å². The molecule has 0 spiro atoms. The van der Waals surface area contributed by atoms with E-state index in [2.05, 4.69) is 65.5 Å². The van der Waals surface area contributed by atoms with E-state index in [0.29, 0.717) is 6.87 Å². The Balaban J connectivity index is 2.39. The molecular formula is C16H36B2N2P2. The van der Waals surface area contributed by atoms with Crippen LogP contribution in [0.3, 0.4) is 0 Å². The molecule has 0 aromatic rings. The summed E-state index contributed by atoms with van der Waals surface area (Å²) >= 11 is 0. The second-order valence-electron chi connectivity index (χ2n) is 8.20. The lowest BCUT2D eigenvalue weighted by Crippen LogP contribution is -2.57. The molecule has 2 rings (SSSR count). The van der Waals surface area contributed by atoms with Gasteiger partial charge in [0.15, 0.2) is 0 Å². The molecule has 0 aliphatic carbocycles. The Morgan fingerprint density at radius 2 is 0.909 bits per heavy atom. The molecule has 0 N–H and O–H groups in total. The predicted octanol–water partition coefficient (Wildman–Crippen LogP) is 4.27. The second kappa shape index (κ2) is 7.86. The fourth-order valence-electron chi connectivity index (χ4n) is 4.93. The van der Waals surface area contributed by atoms with Crippen molar-refractivity contribution in [2.75, 3.05) is 28.2 Å². The first kappa shape index (κ1) is 19.2. The molecule has 2 saturated heterocycles. The standard InChI is InChI=1S/C16H36B2N2P2/c1-13-9-10-14(2)21(13)18(17(19(5)6)20(7)8)22-15(3)11-12-16(22)4/h13-16H,9-12H2,1-8H3. The molecule has 2 fully saturated rings. The quantitative estimate of drug-likeness (QED) is 0.545. The van der Waals surface area contributed by atoms with E-state index in [1.54, 1.807) is 0 Å². The maximum atomic E-state index is 2.56. The summed E-state index contributed by atoms with van der Waals surface area (Å²) in [6.07, 6.45) is 5.90. The minimum Gasteiger partial charge on any atom is -0.339 e. The maximum absolute atomic E-state index is 2.56. The summed E-state index contributed by atoms with van der Waals surface area (Å²) in [4.78, 5) is 5.04. The van der Waals surface area contributed by atoms with Crippen LogP contribution in [-0.2, 0) is 0 Å². The van der Waals surface area contributed by atoms with E-state index < -0.39 is 0 Å². The third-order valence-electron chi connectivity index (χ3n) is 5.98. The van der Waals surface area contributed by atoms with Crippen LogP contribution < -0.4 is 0 Å². The lowest BCUT2D eigenvalue weighted by Gasteiger charge is -2.44. The maximum Gasteiger partial charge on any atom is 0.281 e. The van der Waals surface area contributed by atoms with Crippen molar-refractivity contribution in [1.29, 1.82) is 0 Å². The van der Waals surface area contributed by atoms with Crippen LogP contribution in [0.4, 0.5) is 0 Å². The molecule has 0 radical (unpaired) electrons. The third kappa shape index (κ3) is 3.77. The van der Waals surface area contributed by atoms with E-state index in [0.717, 1.165) is 28.7 Å². The molecule has 2 nitrogen and oxygen atoms in total. The first-order valence-corrected chi connectivity index (χ1v) is 12.2. The van der Waals surface area contributed by atoms with E-state index in [-0.39, 0.29) is 15.6 Å². The summed E-state index contributed by atoms with van der Waals surface area (Å²) in [7, 11) is 9.51. The molecule has 0 saturated carbocycles. The van der Waals surface area contributed by atoms with Crippen molar-refractivity contribution >= 4 is 28.5 Å². The van der Waals surface area contributed by atoms with E-state index in [4.69, 9.17) is 0 Å². The van der Waals surface area contributed by atoms with Gasteiger partial charge in [0.2, 0.25) is 6.04 Å². The molecule has 4 atom stereocenters. The minimum atomic E-state index is 0.146. The van der Waals surface area contributed by atoms with Crippen LogP contribution in [0, 0.1) is 0 Å². The molecule has 0 amide bonds. The Bertz CT molecular complexity index is 315. The number of nitrogens with zero attached hydrogens (tertiary/aromatic N) is 2. The van der Waals surface area contributed by atoms with Crippen LogP contribution >= 0.6 is 15.6 Å². The lowest BCUT2D eigenvalue weighted by atomic mass is 9.47. The topological polar surface area (TPSA) is 6.48 Å². The zero-order valence-corrected chi connectivity index (χ0v) is 17.9. The van der Waals surface area contributed by atoms with Gasteiger partial charge in [-0.2, -0.15) is 0 Å². The van der Waals surface area contributed by atoms with Crippen LogP contribution in [0.5, 0.6) is 0 Å². The summed E-state index contributed by atoms with van der Waals surface area (Å²) in [6.45, 7) is 10.9. The molecule has 0 bridgehead atoms. The van der Waals surface area contributed by atoms with Gasteiger partial charge in [0.25, 0.3) is 6.87 Å². The summed E-state index contributed by atoms with van der Waals surface area (Å²) in [6, 6.07) is 0.940. The first-order valence-electron chi connectivity index (χ1n) is 9.13. The Hall–Kier alpha value is 0.910. The zero-order valence-electron chi connectivity index (χ0n) is 16.1. The average molecular weight is 340 g/mol. The normalized spacial score (nSPS) is 39.0. The Morgan fingerprint density at radius 1 is 0.636 bits per heavy atom. The summed E-state index contributed by atoms with van der Waals surface area (Å²) in [5, 5.41) is 0. The predicted molar refractivity (Wildman–Crippen MR) is 109 cm³/mol. The monoisotopic (exact) mass is 340 g/mol. The van der Waals surface area contributed by atoms with Gasteiger partial charge in [-0.15, -0.1) is 15.6 Å². The highest BCUT2D eigenvalue weighted by atomic mass is 31.2. The van der Waals surface area contributed by atoms with Gasteiger partial charge >= 0.3 is 0 Å². The van der Waals surface area contributed by atoms with Gasteiger partial charge in [-0.3, -0.25) is 0 Å².